The molecule has 0 atom stereocenters. The Labute approximate surface area is 254 Å². The van der Waals surface area contributed by atoms with Crippen LogP contribution in [0.25, 0.3) is 87.9 Å². The number of hydrogen-bond donors (Lipinski definition) is 0. The molecule has 0 fully saturated rings. The van der Waals surface area contributed by atoms with Crippen molar-refractivity contribution in [2.75, 3.05) is 0 Å². The fourth-order valence-corrected chi connectivity index (χ4v) is 6.79. The molecule has 204 valence electrons. The lowest BCUT2D eigenvalue weighted by Gasteiger charge is -2.18. The summed E-state index contributed by atoms with van der Waals surface area (Å²) in [6, 6.07) is 45.6. The molecule has 9 rings (SSSR count). The highest BCUT2D eigenvalue weighted by Gasteiger charge is 2.17. The molecule has 0 aliphatic rings. The number of pyridine rings is 3. The van der Waals surface area contributed by atoms with Crippen LogP contribution in [0.15, 0.2) is 152 Å². The average Bonchev–Trinajstić information content (AvgIpc) is 3.11. The molecule has 9 aromatic rings. The largest absolute Gasteiger partial charge is 0.264 e. The van der Waals surface area contributed by atoms with Gasteiger partial charge in [0.2, 0.25) is 0 Å². The van der Waals surface area contributed by atoms with Crippen LogP contribution in [0, 0.1) is 0 Å². The third-order valence-electron chi connectivity index (χ3n) is 8.80. The molecular weight excluding hydrogens is 534 g/mol. The number of fused-ring (bicyclic) bond motifs is 1. The van der Waals surface area contributed by atoms with Crippen molar-refractivity contribution >= 4 is 43.1 Å². The topological polar surface area (TPSA) is 38.7 Å². The Hall–Kier alpha value is -5.93. The molecule has 3 nitrogen and oxygen atoms in total. The van der Waals surface area contributed by atoms with Crippen LogP contribution in [0.1, 0.15) is 0 Å². The smallest absolute Gasteiger partial charge is 0.0702 e. The molecule has 0 spiro atoms. The predicted molar refractivity (Wildman–Crippen MR) is 183 cm³/mol. The Kier molecular flexibility index (Phi) is 5.50. The summed E-state index contributed by atoms with van der Waals surface area (Å²) in [5, 5.41) is 9.95. The van der Waals surface area contributed by atoms with Crippen molar-refractivity contribution in [3.8, 4) is 44.8 Å². The molecule has 3 heteroatoms. The third-order valence-corrected chi connectivity index (χ3v) is 8.80. The van der Waals surface area contributed by atoms with Crippen LogP contribution < -0.4 is 0 Å². The molecule has 0 amide bonds. The molecule has 44 heavy (non-hydrogen) atoms. The van der Waals surface area contributed by atoms with Crippen LogP contribution in [0.2, 0.25) is 0 Å². The molecule has 0 saturated carbocycles. The van der Waals surface area contributed by atoms with Gasteiger partial charge in [-0.15, -0.1) is 0 Å². The zero-order chi connectivity index (χ0) is 29.0. The highest BCUT2D eigenvalue weighted by molar-refractivity contribution is 6.28. The Morgan fingerprint density at radius 2 is 0.955 bits per heavy atom. The maximum atomic E-state index is 4.68. The van der Waals surface area contributed by atoms with Crippen molar-refractivity contribution in [3.63, 3.8) is 0 Å². The highest BCUT2D eigenvalue weighted by Crippen LogP contribution is 2.44. The quantitative estimate of drug-likeness (QED) is 0.201. The van der Waals surface area contributed by atoms with Gasteiger partial charge in [-0.05, 0) is 108 Å². The zero-order valence-corrected chi connectivity index (χ0v) is 23.8. The van der Waals surface area contributed by atoms with Gasteiger partial charge in [0.1, 0.15) is 0 Å². The summed E-state index contributed by atoms with van der Waals surface area (Å²) in [5.74, 6) is 0. The molecule has 0 unspecified atom stereocenters. The number of aromatic nitrogens is 3. The zero-order valence-electron chi connectivity index (χ0n) is 23.8. The van der Waals surface area contributed by atoms with E-state index in [1.165, 1.54) is 54.4 Å². The molecule has 0 aliphatic carbocycles. The number of hydrogen-bond acceptors (Lipinski definition) is 3. The molecule has 3 aromatic heterocycles. The van der Waals surface area contributed by atoms with E-state index in [2.05, 4.69) is 118 Å². The molecule has 0 radical (unpaired) electrons. The molecule has 6 aromatic carbocycles. The summed E-state index contributed by atoms with van der Waals surface area (Å²) in [6.07, 6.45) is 7.52. The number of benzene rings is 6. The van der Waals surface area contributed by atoms with Crippen molar-refractivity contribution in [1.82, 2.24) is 15.0 Å². The second-order valence-corrected chi connectivity index (χ2v) is 11.3. The van der Waals surface area contributed by atoms with E-state index in [0.717, 1.165) is 33.5 Å². The Bertz CT molecular complexity index is 2420. The van der Waals surface area contributed by atoms with Gasteiger partial charge < -0.3 is 0 Å². The van der Waals surface area contributed by atoms with Crippen molar-refractivity contribution in [3.05, 3.63) is 152 Å². The summed E-state index contributed by atoms with van der Waals surface area (Å²) in [5.41, 5.74) is 8.84. The van der Waals surface area contributed by atoms with Gasteiger partial charge in [-0.3, -0.25) is 15.0 Å². The summed E-state index contributed by atoms with van der Waals surface area (Å²) < 4.78 is 0. The van der Waals surface area contributed by atoms with Crippen LogP contribution in [0.3, 0.4) is 0 Å². The lowest BCUT2D eigenvalue weighted by Crippen LogP contribution is -1.92. The first-order chi connectivity index (χ1) is 21.8. The minimum Gasteiger partial charge on any atom is -0.264 e. The van der Waals surface area contributed by atoms with Gasteiger partial charge in [0, 0.05) is 41.3 Å². The van der Waals surface area contributed by atoms with Crippen molar-refractivity contribution in [1.29, 1.82) is 0 Å². The fraction of sp³-hybridized carbons (Fsp3) is 0. The highest BCUT2D eigenvalue weighted by atomic mass is 14.7. The first kappa shape index (κ1) is 24.6. The Morgan fingerprint density at radius 1 is 0.364 bits per heavy atom. The molecule has 0 N–H and O–H groups in total. The Balaban J connectivity index is 1.32. The van der Waals surface area contributed by atoms with Crippen LogP contribution >= 0.6 is 0 Å². The normalized spacial score (nSPS) is 11.6. The van der Waals surface area contributed by atoms with E-state index < -0.39 is 0 Å². The van der Waals surface area contributed by atoms with E-state index in [9.17, 15) is 0 Å². The maximum Gasteiger partial charge on any atom is 0.0702 e. The average molecular weight is 560 g/mol. The molecule has 0 saturated heterocycles. The van der Waals surface area contributed by atoms with Crippen LogP contribution in [0.5, 0.6) is 0 Å². The summed E-state index contributed by atoms with van der Waals surface area (Å²) in [7, 11) is 0. The first-order valence-corrected chi connectivity index (χ1v) is 14.8. The van der Waals surface area contributed by atoms with Gasteiger partial charge >= 0.3 is 0 Å². The van der Waals surface area contributed by atoms with Crippen molar-refractivity contribution in [2.24, 2.45) is 0 Å². The van der Waals surface area contributed by atoms with Crippen LogP contribution in [0.4, 0.5) is 0 Å². The third kappa shape index (κ3) is 3.87. The van der Waals surface area contributed by atoms with Gasteiger partial charge in [-0.25, -0.2) is 0 Å². The minimum atomic E-state index is 0.944. The first-order valence-electron chi connectivity index (χ1n) is 14.8. The van der Waals surface area contributed by atoms with E-state index in [-0.39, 0.29) is 0 Å². The van der Waals surface area contributed by atoms with Gasteiger partial charge in [-0.2, -0.15) is 0 Å². The molecule has 0 bridgehead atoms. The molecular formula is C41H25N3. The van der Waals surface area contributed by atoms with Crippen molar-refractivity contribution < 1.29 is 0 Å². The standard InChI is InChI=1S/C41H25N3/c1-3-19-43-38(8-1)30-22-29(23-31(24-30)39-9-2-4-20-44-39)32-14-12-26-10-11-27-13-15-35(37-17-16-36(32)40(26)41(27)37)34-7-5-6-28-25-42-21-18-33(28)34/h1-25H. The lowest BCUT2D eigenvalue weighted by molar-refractivity contribution is 1.31. The minimum absolute atomic E-state index is 0.944. The van der Waals surface area contributed by atoms with Gasteiger partial charge in [0.25, 0.3) is 0 Å². The second kappa shape index (κ2) is 9.82. The van der Waals surface area contributed by atoms with E-state index >= 15 is 0 Å². The SMILES string of the molecule is c1ccc(-c2cc(-c3ccccn3)cc(-c3ccc4ccc5ccc(-c6cccc7cnccc67)c6ccc3c4c56)c2)nc1. The van der Waals surface area contributed by atoms with E-state index in [4.69, 9.17) is 0 Å². The van der Waals surface area contributed by atoms with Crippen molar-refractivity contribution in [2.45, 2.75) is 0 Å². The van der Waals surface area contributed by atoms with E-state index in [1.807, 2.05) is 49.1 Å². The van der Waals surface area contributed by atoms with E-state index in [0.29, 0.717) is 0 Å². The summed E-state index contributed by atoms with van der Waals surface area (Å²) in [6.45, 7) is 0. The predicted octanol–water partition coefficient (Wildman–Crippen LogP) is 10.6. The summed E-state index contributed by atoms with van der Waals surface area (Å²) in [4.78, 5) is 13.7. The molecule has 0 aliphatic heterocycles. The van der Waals surface area contributed by atoms with Crippen LogP contribution in [-0.2, 0) is 0 Å². The Morgan fingerprint density at radius 3 is 1.61 bits per heavy atom. The van der Waals surface area contributed by atoms with Gasteiger partial charge in [0.15, 0.2) is 0 Å². The monoisotopic (exact) mass is 559 g/mol. The fourth-order valence-electron chi connectivity index (χ4n) is 6.79. The van der Waals surface area contributed by atoms with Gasteiger partial charge in [-0.1, -0.05) is 78.9 Å². The van der Waals surface area contributed by atoms with E-state index in [1.54, 1.807) is 0 Å². The second-order valence-electron chi connectivity index (χ2n) is 11.3. The number of rotatable bonds is 4. The maximum absolute atomic E-state index is 4.68. The molecule has 3 heterocycles. The van der Waals surface area contributed by atoms with Crippen LogP contribution in [-0.4, -0.2) is 15.0 Å². The summed E-state index contributed by atoms with van der Waals surface area (Å²) >= 11 is 0. The van der Waals surface area contributed by atoms with Gasteiger partial charge in [0.05, 0.1) is 11.4 Å². The lowest BCUT2D eigenvalue weighted by atomic mass is 9.86. The number of nitrogens with zero attached hydrogens (tertiary/aromatic N) is 3.